The number of rotatable bonds is 8. The highest BCUT2D eigenvalue weighted by atomic mass is 19.4. The second-order valence-corrected chi connectivity index (χ2v) is 11.9. The first-order chi connectivity index (χ1) is 22.8. The van der Waals surface area contributed by atoms with Gasteiger partial charge in [-0.2, -0.15) is 0 Å². The van der Waals surface area contributed by atoms with Crippen LogP contribution in [0.15, 0.2) is 85.1 Å². The fourth-order valence-corrected chi connectivity index (χ4v) is 4.94. The van der Waals surface area contributed by atoms with Gasteiger partial charge in [0, 0.05) is 35.2 Å². The van der Waals surface area contributed by atoms with Gasteiger partial charge >= 0.3 is 12.4 Å². The topological polar surface area (TPSA) is 127 Å². The number of nitrogens with zero attached hydrogens (tertiary/aromatic N) is 2. The van der Waals surface area contributed by atoms with E-state index >= 15 is 0 Å². The predicted molar refractivity (Wildman–Crippen MR) is 174 cm³/mol. The molecule has 3 heterocycles. The van der Waals surface area contributed by atoms with Gasteiger partial charge in [-0.25, -0.2) is 9.78 Å². The van der Waals surface area contributed by atoms with Crippen molar-refractivity contribution >= 4 is 34.8 Å². The van der Waals surface area contributed by atoms with E-state index in [9.17, 15) is 22.8 Å². The molecular weight excluding hydrogens is 629 g/mol. The number of nitrogens with one attached hydrogen (secondary N) is 4. The molecule has 0 fully saturated rings. The molecule has 0 saturated heterocycles. The van der Waals surface area contributed by atoms with Crippen molar-refractivity contribution < 1.29 is 37.0 Å². The van der Waals surface area contributed by atoms with Crippen molar-refractivity contribution in [2.75, 3.05) is 22.7 Å². The van der Waals surface area contributed by atoms with Crippen molar-refractivity contribution in [3.05, 3.63) is 96.2 Å². The molecule has 0 atom stereocenters. The monoisotopic (exact) mass is 660 g/mol. The average Bonchev–Trinajstić information content (AvgIpc) is 3.64. The Balaban J connectivity index is 1.16. The molecular formula is C34H31F3N6O5. The minimum atomic E-state index is -4.80. The Kier molecular flexibility index (Phi) is 8.48. The summed E-state index contributed by atoms with van der Waals surface area (Å²) in [5.41, 5.74) is 3.74. The van der Waals surface area contributed by atoms with E-state index in [4.69, 9.17) is 14.5 Å². The summed E-state index contributed by atoms with van der Waals surface area (Å²) in [6.45, 7) is 6.52. The number of alkyl halides is 3. The standard InChI is InChI=1S/C34H31F3N6O5/c1-33(2,3)42-30-29(21-5-8-23(9-6-21)39-32(45)40-24-10-12-25(13-11-24)48-34(35,36)37)41-28-15-7-22(18-43(28)30)31(44)38-17-20-4-14-26-27(16-20)47-19-46-26/h4-16,18,42H,17,19H2,1-3H3,(H,38,44)(H2,39,40,45). The van der Waals surface area contributed by atoms with Crippen LogP contribution in [0.1, 0.15) is 36.7 Å². The molecule has 248 valence electrons. The Morgan fingerprint density at radius 3 is 2.21 bits per heavy atom. The van der Waals surface area contributed by atoms with E-state index in [1.165, 1.54) is 12.1 Å². The van der Waals surface area contributed by atoms with Crippen LogP contribution in [0.25, 0.3) is 16.9 Å². The van der Waals surface area contributed by atoms with Gasteiger partial charge in [0.05, 0.1) is 5.56 Å². The van der Waals surface area contributed by atoms with Gasteiger partial charge < -0.3 is 35.5 Å². The molecule has 0 bridgehead atoms. The lowest BCUT2D eigenvalue weighted by molar-refractivity contribution is -0.274. The summed E-state index contributed by atoms with van der Waals surface area (Å²) in [6, 6.07) is 20.2. The smallest absolute Gasteiger partial charge is 0.454 e. The zero-order valence-corrected chi connectivity index (χ0v) is 26.1. The Hall–Kier alpha value is -5.92. The van der Waals surface area contributed by atoms with Crippen molar-refractivity contribution in [3.8, 4) is 28.5 Å². The molecule has 11 nitrogen and oxygen atoms in total. The van der Waals surface area contributed by atoms with E-state index in [2.05, 4.69) is 26.0 Å². The van der Waals surface area contributed by atoms with E-state index in [-0.39, 0.29) is 23.9 Å². The summed E-state index contributed by atoms with van der Waals surface area (Å²) in [7, 11) is 0. The number of urea groups is 1. The van der Waals surface area contributed by atoms with Gasteiger partial charge in [0.25, 0.3) is 5.91 Å². The summed E-state index contributed by atoms with van der Waals surface area (Å²) < 4.78 is 53.7. The second kappa shape index (κ2) is 12.7. The van der Waals surface area contributed by atoms with Crippen LogP contribution in [0, 0.1) is 0 Å². The number of carbonyl (C=O) groups is 2. The number of anilines is 3. The lowest BCUT2D eigenvalue weighted by Crippen LogP contribution is -2.27. The molecule has 14 heteroatoms. The average molecular weight is 661 g/mol. The van der Waals surface area contributed by atoms with Gasteiger partial charge in [-0.3, -0.25) is 9.20 Å². The minimum absolute atomic E-state index is 0.175. The number of ether oxygens (including phenoxy) is 3. The van der Waals surface area contributed by atoms with E-state index < -0.39 is 18.1 Å². The number of hydrogen-bond acceptors (Lipinski definition) is 7. The highest BCUT2D eigenvalue weighted by Crippen LogP contribution is 2.34. The summed E-state index contributed by atoms with van der Waals surface area (Å²) in [5.74, 6) is 1.34. The summed E-state index contributed by atoms with van der Waals surface area (Å²) in [4.78, 5) is 30.5. The first kappa shape index (κ1) is 32.0. The Labute approximate surface area is 273 Å². The molecule has 0 unspecified atom stereocenters. The molecule has 2 aromatic heterocycles. The van der Waals surface area contributed by atoms with Crippen LogP contribution >= 0.6 is 0 Å². The van der Waals surface area contributed by atoms with Crippen LogP contribution in [-0.2, 0) is 6.54 Å². The lowest BCUT2D eigenvalue weighted by Gasteiger charge is -2.22. The maximum atomic E-state index is 13.2. The van der Waals surface area contributed by atoms with E-state index in [0.717, 1.165) is 23.3 Å². The molecule has 4 N–H and O–H groups in total. The van der Waals surface area contributed by atoms with Crippen LogP contribution < -0.4 is 35.5 Å². The van der Waals surface area contributed by atoms with E-state index in [1.54, 1.807) is 42.6 Å². The number of pyridine rings is 1. The molecule has 0 radical (unpaired) electrons. The van der Waals surface area contributed by atoms with Crippen LogP contribution in [0.5, 0.6) is 17.2 Å². The van der Waals surface area contributed by atoms with Crippen molar-refractivity contribution in [2.24, 2.45) is 0 Å². The highest BCUT2D eigenvalue weighted by molar-refractivity contribution is 6.00. The fourth-order valence-electron chi connectivity index (χ4n) is 4.94. The van der Waals surface area contributed by atoms with Crippen LogP contribution in [-0.4, -0.2) is 40.0 Å². The molecule has 5 aromatic rings. The maximum Gasteiger partial charge on any atom is 0.573 e. The van der Waals surface area contributed by atoms with Crippen LogP contribution in [0.3, 0.4) is 0 Å². The van der Waals surface area contributed by atoms with Crippen molar-refractivity contribution in [3.63, 3.8) is 0 Å². The second-order valence-electron chi connectivity index (χ2n) is 11.9. The third kappa shape index (κ3) is 7.71. The molecule has 6 rings (SSSR count). The van der Waals surface area contributed by atoms with Gasteiger partial charge in [0.2, 0.25) is 6.79 Å². The van der Waals surface area contributed by atoms with Gasteiger partial charge in [0.15, 0.2) is 11.5 Å². The van der Waals surface area contributed by atoms with Gasteiger partial charge in [-0.15, -0.1) is 13.2 Å². The number of hydrogen-bond donors (Lipinski definition) is 4. The molecule has 3 aromatic carbocycles. The number of imidazole rings is 1. The molecule has 1 aliphatic rings. The summed E-state index contributed by atoms with van der Waals surface area (Å²) >= 11 is 0. The minimum Gasteiger partial charge on any atom is -0.454 e. The molecule has 0 aliphatic carbocycles. The first-order valence-corrected chi connectivity index (χ1v) is 14.8. The largest absolute Gasteiger partial charge is 0.573 e. The van der Waals surface area contributed by atoms with E-state index in [0.29, 0.717) is 46.5 Å². The molecule has 3 amide bonds. The van der Waals surface area contributed by atoms with E-state index in [1.807, 2.05) is 43.4 Å². The SMILES string of the molecule is CC(C)(C)Nc1c(-c2ccc(NC(=O)Nc3ccc(OC(F)(F)F)cc3)cc2)nc2ccc(C(=O)NCc3ccc4c(c3)OCO4)cn12. The van der Waals surface area contributed by atoms with Crippen LogP contribution in [0.4, 0.5) is 35.2 Å². The first-order valence-electron chi connectivity index (χ1n) is 14.8. The molecule has 48 heavy (non-hydrogen) atoms. The van der Waals surface area contributed by atoms with Gasteiger partial charge in [0.1, 0.15) is 22.9 Å². The Morgan fingerprint density at radius 1 is 0.875 bits per heavy atom. The zero-order valence-electron chi connectivity index (χ0n) is 26.1. The normalized spacial score (nSPS) is 12.5. The number of fused-ring (bicyclic) bond motifs is 2. The molecule has 0 saturated carbocycles. The number of aromatic nitrogens is 2. The van der Waals surface area contributed by atoms with Crippen LogP contribution in [0.2, 0.25) is 0 Å². The molecule has 0 spiro atoms. The fraction of sp³-hybridized carbons (Fsp3) is 0.206. The van der Waals surface area contributed by atoms with Gasteiger partial charge in [-0.05, 0) is 87.0 Å². The predicted octanol–water partition coefficient (Wildman–Crippen LogP) is 7.41. The molecule has 1 aliphatic heterocycles. The van der Waals surface area contributed by atoms with Crippen molar-refractivity contribution in [1.29, 1.82) is 0 Å². The quantitative estimate of drug-likeness (QED) is 0.137. The number of carbonyl (C=O) groups excluding carboxylic acids is 2. The number of amides is 3. The third-order valence-electron chi connectivity index (χ3n) is 7.03. The summed E-state index contributed by atoms with van der Waals surface area (Å²) in [6.07, 6.45) is -3.07. The summed E-state index contributed by atoms with van der Waals surface area (Å²) in [5, 5.41) is 11.7. The number of benzene rings is 3. The highest BCUT2D eigenvalue weighted by Gasteiger charge is 2.31. The Morgan fingerprint density at radius 2 is 1.54 bits per heavy atom. The Bertz CT molecular complexity index is 1970. The lowest BCUT2D eigenvalue weighted by atomic mass is 10.1. The van der Waals surface area contributed by atoms with Crippen molar-refractivity contribution in [1.82, 2.24) is 14.7 Å². The number of halogens is 3. The van der Waals surface area contributed by atoms with Crippen molar-refractivity contribution in [2.45, 2.75) is 39.2 Å². The van der Waals surface area contributed by atoms with Gasteiger partial charge in [-0.1, -0.05) is 18.2 Å². The third-order valence-corrected chi connectivity index (χ3v) is 7.03. The zero-order chi connectivity index (χ0) is 34.1. The maximum absolute atomic E-state index is 13.2.